The van der Waals surface area contributed by atoms with Crippen LogP contribution in [0.5, 0.6) is 0 Å². The maximum absolute atomic E-state index is 12.2. The lowest BCUT2D eigenvalue weighted by Gasteiger charge is -2.18. The summed E-state index contributed by atoms with van der Waals surface area (Å²) < 4.78 is 0. The number of aryl methyl sites for hydroxylation is 1. The van der Waals surface area contributed by atoms with Crippen LogP contribution in [0.15, 0.2) is 42.5 Å². The first-order chi connectivity index (χ1) is 11.0. The van der Waals surface area contributed by atoms with E-state index in [0.29, 0.717) is 19.3 Å². The minimum absolute atomic E-state index is 0.0515. The van der Waals surface area contributed by atoms with Gasteiger partial charge < -0.3 is 10.4 Å². The molecule has 122 valence electrons. The number of nitrogens with one attached hydrogen (secondary N) is 1. The van der Waals surface area contributed by atoms with E-state index in [0.717, 1.165) is 10.4 Å². The molecule has 4 nitrogen and oxygen atoms in total. The van der Waals surface area contributed by atoms with Crippen LogP contribution in [0.4, 0.5) is 0 Å². The molecule has 1 heterocycles. The fraction of sp³-hybridized carbons (Fsp3) is 0.333. The van der Waals surface area contributed by atoms with Gasteiger partial charge in [0.25, 0.3) is 0 Å². The van der Waals surface area contributed by atoms with E-state index in [2.05, 4.69) is 5.32 Å². The summed E-state index contributed by atoms with van der Waals surface area (Å²) in [6.07, 6.45) is 1.47. The molecule has 2 aromatic rings. The molecule has 0 radical (unpaired) electrons. The molecular formula is C18H21NO3S. The maximum Gasteiger partial charge on any atom is 0.303 e. The summed E-state index contributed by atoms with van der Waals surface area (Å²) in [7, 11) is 0. The van der Waals surface area contributed by atoms with Crippen molar-refractivity contribution in [1.82, 2.24) is 5.32 Å². The van der Waals surface area contributed by atoms with Crippen molar-refractivity contribution >= 4 is 23.2 Å². The van der Waals surface area contributed by atoms with Gasteiger partial charge in [0.15, 0.2) is 0 Å². The van der Waals surface area contributed by atoms with Crippen LogP contribution in [0.1, 0.15) is 28.2 Å². The lowest BCUT2D eigenvalue weighted by Crippen LogP contribution is -2.37. The molecular weight excluding hydrogens is 310 g/mol. The quantitative estimate of drug-likeness (QED) is 0.781. The van der Waals surface area contributed by atoms with Crippen LogP contribution in [-0.4, -0.2) is 23.0 Å². The van der Waals surface area contributed by atoms with Crippen LogP contribution in [0.2, 0.25) is 0 Å². The van der Waals surface area contributed by atoms with Crippen LogP contribution in [0.25, 0.3) is 0 Å². The first-order valence-corrected chi connectivity index (χ1v) is 8.45. The molecule has 0 saturated heterocycles. The number of carbonyl (C=O) groups excluding carboxylic acids is 1. The number of hydrogen-bond donors (Lipinski definition) is 2. The number of aliphatic carboxylic acids is 1. The van der Waals surface area contributed by atoms with Gasteiger partial charge in [-0.25, -0.2) is 0 Å². The van der Waals surface area contributed by atoms with E-state index < -0.39 is 5.97 Å². The van der Waals surface area contributed by atoms with E-state index in [-0.39, 0.29) is 18.4 Å². The molecule has 0 aliphatic rings. The predicted molar refractivity (Wildman–Crippen MR) is 91.7 cm³/mol. The van der Waals surface area contributed by atoms with Gasteiger partial charge in [-0.3, -0.25) is 9.59 Å². The number of rotatable bonds is 8. The molecule has 0 bridgehead atoms. The van der Waals surface area contributed by atoms with E-state index >= 15 is 0 Å². The highest BCUT2D eigenvalue weighted by molar-refractivity contribution is 7.12. The monoisotopic (exact) mass is 331 g/mol. The fourth-order valence-corrected chi connectivity index (χ4v) is 3.33. The Morgan fingerprint density at radius 2 is 1.91 bits per heavy atom. The third-order valence-electron chi connectivity index (χ3n) is 3.53. The molecule has 0 fully saturated rings. The minimum Gasteiger partial charge on any atom is -0.481 e. The summed E-state index contributed by atoms with van der Waals surface area (Å²) in [5.74, 6) is -0.899. The van der Waals surface area contributed by atoms with E-state index in [1.807, 2.05) is 49.4 Å². The summed E-state index contributed by atoms with van der Waals surface area (Å²) >= 11 is 1.61. The third kappa shape index (κ3) is 6.24. The van der Waals surface area contributed by atoms with E-state index in [1.165, 1.54) is 4.88 Å². The molecule has 1 atom stereocenters. The Labute approximate surface area is 140 Å². The first kappa shape index (κ1) is 17.2. The Hall–Kier alpha value is -2.14. The molecule has 1 amide bonds. The van der Waals surface area contributed by atoms with Crippen LogP contribution >= 0.6 is 11.3 Å². The zero-order chi connectivity index (χ0) is 16.7. The predicted octanol–water partition coefficient (Wildman–Crippen LogP) is 3.19. The van der Waals surface area contributed by atoms with Crippen LogP contribution in [0.3, 0.4) is 0 Å². The zero-order valence-electron chi connectivity index (χ0n) is 13.1. The SMILES string of the molecule is Cc1ccc(CC(=O)NC(CCC(=O)O)Cc2ccccc2)s1. The summed E-state index contributed by atoms with van der Waals surface area (Å²) in [5.41, 5.74) is 1.09. The lowest BCUT2D eigenvalue weighted by atomic mass is 10.0. The highest BCUT2D eigenvalue weighted by Gasteiger charge is 2.15. The molecule has 1 aromatic carbocycles. The molecule has 0 spiro atoms. The number of amides is 1. The Morgan fingerprint density at radius 1 is 1.17 bits per heavy atom. The van der Waals surface area contributed by atoms with Crippen molar-refractivity contribution < 1.29 is 14.7 Å². The molecule has 0 saturated carbocycles. The van der Waals surface area contributed by atoms with E-state index in [9.17, 15) is 9.59 Å². The van der Waals surface area contributed by atoms with Gasteiger partial charge in [0, 0.05) is 22.2 Å². The molecule has 1 unspecified atom stereocenters. The molecule has 1 aromatic heterocycles. The third-order valence-corrected chi connectivity index (χ3v) is 4.53. The molecule has 0 aliphatic heterocycles. The lowest BCUT2D eigenvalue weighted by molar-refractivity contribution is -0.137. The Bertz CT molecular complexity index is 651. The molecule has 5 heteroatoms. The molecule has 0 aliphatic carbocycles. The number of thiophene rings is 1. The van der Waals surface area contributed by atoms with Crippen molar-refractivity contribution in [3.05, 3.63) is 57.8 Å². The maximum atomic E-state index is 12.2. The number of hydrogen-bond acceptors (Lipinski definition) is 3. The van der Waals surface area contributed by atoms with Crippen molar-refractivity contribution in [3.8, 4) is 0 Å². The fourth-order valence-electron chi connectivity index (χ4n) is 2.44. The van der Waals surface area contributed by atoms with E-state index in [1.54, 1.807) is 11.3 Å². The summed E-state index contributed by atoms with van der Waals surface area (Å²) in [5, 5.41) is 11.9. The Kier molecular flexibility index (Phi) is 6.35. The second-order valence-electron chi connectivity index (χ2n) is 5.58. The highest BCUT2D eigenvalue weighted by Crippen LogP contribution is 2.16. The van der Waals surface area contributed by atoms with Gasteiger partial charge in [-0.2, -0.15) is 0 Å². The van der Waals surface area contributed by atoms with Gasteiger partial charge in [-0.05, 0) is 37.5 Å². The Balaban J connectivity index is 1.95. The number of carbonyl (C=O) groups is 2. The first-order valence-electron chi connectivity index (χ1n) is 7.63. The zero-order valence-corrected chi connectivity index (χ0v) is 13.9. The normalized spacial score (nSPS) is 11.9. The smallest absolute Gasteiger partial charge is 0.303 e. The largest absolute Gasteiger partial charge is 0.481 e. The second-order valence-corrected chi connectivity index (χ2v) is 6.95. The van der Waals surface area contributed by atoms with Crippen LogP contribution in [-0.2, 0) is 22.4 Å². The Morgan fingerprint density at radius 3 is 2.52 bits per heavy atom. The van der Waals surface area contributed by atoms with E-state index in [4.69, 9.17) is 5.11 Å². The van der Waals surface area contributed by atoms with Gasteiger partial charge in [0.1, 0.15) is 0 Å². The average molecular weight is 331 g/mol. The molecule has 23 heavy (non-hydrogen) atoms. The van der Waals surface area contributed by atoms with Crippen molar-refractivity contribution in [1.29, 1.82) is 0 Å². The van der Waals surface area contributed by atoms with Crippen LogP contribution < -0.4 is 5.32 Å². The summed E-state index contributed by atoms with van der Waals surface area (Å²) in [6, 6.07) is 13.6. The van der Waals surface area contributed by atoms with Crippen molar-refractivity contribution in [3.63, 3.8) is 0 Å². The van der Waals surface area contributed by atoms with Gasteiger partial charge in [-0.1, -0.05) is 30.3 Å². The van der Waals surface area contributed by atoms with Gasteiger partial charge in [-0.15, -0.1) is 11.3 Å². The van der Waals surface area contributed by atoms with Crippen molar-refractivity contribution in [2.24, 2.45) is 0 Å². The standard InChI is InChI=1S/C18H21NO3S/c1-13-7-9-16(23-13)12-17(20)19-15(8-10-18(21)22)11-14-5-3-2-4-6-14/h2-7,9,15H,8,10-12H2,1H3,(H,19,20)(H,21,22). The summed E-state index contributed by atoms with van der Waals surface area (Å²) in [4.78, 5) is 25.2. The molecule has 2 N–H and O–H groups in total. The topological polar surface area (TPSA) is 66.4 Å². The number of benzene rings is 1. The van der Waals surface area contributed by atoms with Gasteiger partial charge in [0.05, 0.1) is 6.42 Å². The van der Waals surface area contributed by atoms with Crippen molar-refractivity contribution in [2.75, 3.05) is 0 Å². The van der Waals surface area contributed by atoms with Crippen LogP contribution in [0, 0.1) is 6.92 Å². The number of carboxylic acid groups (broad SMARTS) is 1. The summed E-state index contributed by atoms with van der Waals surface area (Å²) in [6.45, 7) is 2.01. The minimum atomic E-state index is -0.841. The van der Waals surface area contributed by atoms with Crippen molar-refractivity contribution in [2.45, 2.75) is 38.6 Å². The second kappa shape index (κ2) is 8.48. The molecule has 2 rings (SSSR count). The van der Waals surface area contributed by atoms with Gasteiger partial charge in [0.2, 0.25) is 5.91 Å². The number of carboxylic acids is 1. The average Bonchev–Trinajstić information content (AvgIpc) is 2.90. The highest BCUT2D eigenvalue weighted by atomic mass is 32.1. The van der Waals surface area contributed by atoms with Gasteiger partial charge >= 0.3 is 5.97 Å².